The maximum absolute atomic E-state index is 12.6. The lowest BCUT2D eigenvalue weighted by Crippen LogP contribution is -2.14. The molecule has 3 rings (SSSR count). The SMILES string of the molecule is C=CCn1c(SCC(=O)Nc2ccc(C(F)F)cc2)nnc1-c1cc(Br)ccc1O. The van der Waals surface area contributed by atoms with Crippen LogP contribution in [0.3, 0.4) is 0 Å². The van der Waals surface area contributed by atoms with E-state index in [1.807, 2.05) is 0 Å². The van der Waals surface area contributed by atoms with Crippen molar-refractivity contribution in [2.45, 2.75) is 18.1 Å². The van der Waals surface area contributed by atoms with Gasteiger partial charge in [0.15, 0.2) is 11.0 Å². The number of nitrogens with zero attached hydrogens (tertiary/aromatic N) is 3. The van der Waals surface area contributed by atoms with Crippen molar-refractivity contribution in [2.24, 2.45) is 0 Å². The molecular weight excluding hydrogens is 478 g/mol. The third kappa shape index (κ3) is 5.25. The Labute approximate surface area is 184 Å². The van der Waals surface area contributed by atoms with Crippen LogP contribution in [0.4, 0.5) is 14.5 Å². The number of phenols is 1. The number of hydrogen-bond donors (Lipinski definition) is 2. The van der Waals surface area contributed by atoms with Crippen molar-refractivity contribution in [1.29, 1.82) is 0 Å². The molecule has 1 heterocycles. The Morgan fingerprint density at radius 2 is 2.00 bits per heavy atom. The zero-order chi connectivity index (χ0) is 21.7. The molecule has 0 aliphatic carbocycles. The van der Waals surface area contributed by atoms with Gasteiger partial charge in [0.1, 0.15) is 5.75 Å². The van der Waals surface area contributed by atoms with Crippen molar-refractivity contribution in [2.75, 3.05) is 11.1 Å². The van der Waals surface area contributed by atoms with E-state index >= 15 is 0 Å². The smallest absolute Gasteiger partial charge is 0.263 e. The summed E-state index contributed by atoms with van der Waals surface area (Å²) in [5, 5.41) is 21.6. The highest BCUT2D eigenvalue weighted by atomic mass is 79.9. The number of halogens is 3. The van der Waals surface area contributed by atoms with Crippen molar-refractivity contribution in [3.8, 4) is 17.1 Å². The number of phenolic OH excluding ortho intramolecular Hbond substituents is 1. The molecule has 0 spiro atoms. The normalized spacial score (nSPS) is 10.9. The van der Waals surface area contributed by atoms with Crippen molar-refractivity contribution < 1.29 is 18.7 Å². The minimum atomic E-state index is -2.56. The molecule has 1 amide bonds. The van der Waals surface area contributed by atoms with Crippen molar-refractivity contribution in [1.82, 2.24) is 14.8 Å². The van der Waals surface area contributed by atoms with Crippen LogP contribution < -0.4 is 5.32 Å². The summed E-state index contributed by atoms with van der Waals surface area (Å²) in [7, 11) is 0. The molecule has 156 valence electrons. The van der Waals surface area contributed by atoms with Crippen LogP contribution in [0.15, 0.2) is 64.7 Å². The Morgan fingerprint density at radius 1 is 1.27 bits per heavy atom. The van der Waals surface area contributed by atoms with E-state index in [4.69, 9.17) is 0 Å². The van der Waals surface area contributed by atoms with Crippen LogP contribution in [0.1, 0.15) is 12.0 Å². The van der Waals surface area contributed by atoms with Gasteiger partial charge in [-0.1, -0.05) is 45.9 Å². The molecule has 30 heavy (non-hydrogen) atoms. The third-order valence-electron chi connectivity index (χ3n) is 4.01. The molecule has 0 saturated heterocycles. The molecule has 1 aromatic heterocycles. The number of thioether (sulfide) groups is 1. The number of nitrogens with one attached hydrogen (secondary N) is 1. The number of carbonyl (C=O) groups is 1. The summed E-state index contributed by atoms with van der Waals surface area (Å²) in [6, 6.07) is 10.4. The fourth-order valence-corrected chi connectivity index (χ4v) is 3.72. The number of rotatable bonds is 8. The second-order valence-electron chi connectivity index (χ2n) is 6.13. The highest BCUT2D eigenvalue weighted by molar-refractivity contribution is 9.10. The monoisotopic (exact) mass is 494 g/mol. The predicted molar refractivity (Wildman–Crippen MR) is 116 cm³/mol. The van der Waals surface area contributed by atoms with E-state index in [9.17, 15) is 18.7 Å². The third-order valence-corrected chi connectivity index (χ3v) is 5.47. The Balaban J connectivity index is 1.72. The number of amides is 1. The van der Waals surface area contributed by atoms with Crippen LogP contribution in [-0.4, -0.2) is 31.5 Å². The fraction of sp³-hybridized carbons (Fsp3) is 0.150. The molecule has 0 fully saturated rings. The number of benzene rings is 2. The molecule has 0 bridgehead atoms. The first-order valence-corrected chi connectivity index (χ1v) is 10.5. The van der Waals surface area contributed by atoms with Gasteiger partial charge in [0, 0.05) is 22.3 Å². The minimum Gasteiger partial charge on any atom is -0.507 e. The predicted octanol–water partition coefficient (Wildman–Crippen LogP) is 5.27. The summed E-state index contributed by atoms with van der Waals surface area (Å²) in [6.45, 7) is 4.11. The van der Waals surface area contributed by atoms with Gasteiger partial charge < -0.3 is 10.4 Å². The van der Waals surface area contributed by atoms with Gasteiger partial charge in [-0.15, -0.1) is 16.8 Å². The first kappa shape index (κ1) is 22.0. The average molecular weight is 495 g/mol. The average Bonchev–Trinajstić information content (AvgIpc) is 3.11. The van der Waals surface area contributed by atoms with E-state index < -0.39 is 6.43 Å². The highest BCUT2D eigenvalue weighted by Gasteiger charge is 2.18. The van der Waals surface area contributed by atoms with E-state index in [1.54, 1.807) is 28.8 Å². The van der Waals surface area contributed by atoms with E-state index in [1.165, 1.54) is 24.3 Å². The molecule has 0 aliphatic heterocycles. The van der Waals surface area contributed by atoms with Gasteiger partial charge in [0.2, 0.25) is 5.91 Å². The second-order valence-corrected chi connectivity index (χ2v) is 7.98. The van der Waals surface area contributed by atoms with Crippen LogP contribution in [0, 0.1) is 0 Å². The van der Waals surface area contributed by atoms with Crippen molar-refractivity contribution in [3.05, 3.63) is 65.2 Å². The number of aromatic hydroxyl groups is 1. The molecule has 0 atom stereocenters. The summed E-state index contributed by atoms with van der Waals surface area (Å²) in [5.41, 5.74) is 0.815. The quantitative estimate of drug-likeness (QED) is 0.329. The van der Waals surface area contributed by atoms with Gasteiger partial charge >= 0.3 is 0 Å². The lowest BCUT2D eigenvalue weighted by Gasteiger charge is -2.10. The topological polar surface area (TPSA) is 80.0 Å². The van der Waals surface area contributed by atoms with Crippen molar-refractivity contribution >= 4 is 39.3 Å². The molecule has 0 saturated carbocycles. The molecule has 2 aromatic carbocycles. The minimum absolute atomic E-state index is 0.0380. The molecule has 0 unspecified atom stereocenters. The zero-order valence-corrected chi connectivity index (χ0v) is 18.0. The molecule has 3 aromatic rings. The maximum Gasteiger partial charge on any atom is 0.263 e. The summed E-state index contributed by atoms with van der Waals surface area (Å²) in [4.78, 5) is 12.2. The van der Waals surface area contributed by atoms with Gasteiger partial charge in [-0.3, -0.25) is 9.36 Å². The van der Waals surface area contributed by atoms with E-state index in [0.29, 0.717) is 28.8 Å². The van der Waals surface area contributed by atoms with E-state index in [-0.39, 0.29) is 23.0 Å². The number of anilines is 1. The first-order valence-electron chi connectivity index (χ1n) is 8.72. The van der Waals surface area contributed by atoms with Gasteiger partial charge in [-0.2, -0.15) is 0 Å². The largest absolute Gasteiger partial charge is 0.507 e. The number of carbonyl (C=O) groups excluding carboxylic acids is 1. The summed E-state index contributed by atoms with van der Waals surface area (Å²) in [6.07, 6.45) is -0.892. The van der Waals surface area contributed by atoms with Crippen LogP contribution in [-0.2, 0) is 11.3 Å². The van der Waals surface area contributed by atoms with Crippen LogP contribution in [0.2, 0.25) is 0 Å². The standard InChI is InChI=1S/C20H17BrF2N4O2S/c1-2-9-27-19(15-10-13(21)5-8-16(15)28)25-26-20(27)30-11-17(29)24-14-6-3-12(4-7-14)18(22)23/h2-8,10,18,28H,1,9,11H2,(H,24,29). The number of allylic oxidation sites excluding steroid dienone is 1. The number of hydrogen-bond acceptors (Lipinski definition) is 5. The first-order chi connectivity index (χ1) is 14.4. The lowest BCUT2D eigenvalue weighted by atomic mass is 10.2. The van der Waals surface area contributed by atoms with Crippen molar-refractivity contribution in [3.63, 3.8) is 0 Å². The number of aromatic nitrogens is 3. The maximum atomic E-state index is 12.6. The summed E-state index contributed by atoms with van der Waals surface area (Å²) in [5.74, 6) is 0.220. The van der Waals surface area contributed by atoms with Gasteiger partial charge in [0.05, 0.1) is 11.3 Å². The van der Waals surface area contributed by atoms with Gasteiger partial charge in [0.25, 0.3) is 6.43 Å². The Morgan fingerprint density at radius 3 is 2.67 bits per heavy atom. The summed E-state index contributed by atoms with van der Waals surface area (Å²) >= 11 is 4.53. The summed E-state index contributed by atoms with van der Waals surface area (Å²) < 4.78 is 27.7. The molecule has 6 nitrogen and oxygen atoms in total. The highest BCUT2D eigenvalue weighted by Crippen LogP contribution is 2.32. The molecule has 0 radical (unpaired) electrons. The zero-order valence-electron chi connectivity index (χ0n) is 15.6. The van der Waals surface area contributed by atoms with Gasteiger partial charge in [-0.25, -0.2) is 8.78 Å². The van der Waals surface area contributed by atoms with Crippen LogP contribution in [0.5, 0.6) is 5.75 Å². The van der Waals surface area contributed by atoms with E-state index in [0.717, 1.165) is 16.2 Å². The molecular formula is C20H17BrF2N4O2S. The Bertz CT molecular complexity index is 1060. The molecule has 2 N–H and O–H groups in total. The molecule has 10 heteroatoms. The van der Waals surface area contributed by atoms with Crippen LogP contribution >= 0.6 is 27.7 Å². The van der Waals surface area contributed by atoms with E-state index in [2.05, 4.69) is 38.0 Å². The number of alkyl halides is 2. The molecule has 0 aliphatic rings. The Kier molecular flexibility index (Phi) is 7.22. The van der Waals surface area contributed by atoms with Gasteiger partial charge in [-0.05, 0) is 30.3 Å². The fourth-order valence-electron chi connectivity index (χ4n) is 2.61. The second kappa shape index (κ2) is 9.86. The Hall–Kier alpha value is -2.72. The lowest BCUT2D eigenvalue weighted by molar-refractivity contribution is -0.113. The van der Waals surface area contributed by atoms with Crippen LogP contribution in [0.25, 0.3) is 11.4 Å².